The van der Waals surface area contributed by atoms with Gasteiger partial charge >= 0.3 is 0 Å². The molecule has 5 saturated carbocycles. The Balaban J connectivity index is 1.60. The van der Waals surface area contributed by atoms with Crippen molar-refractivity contribution >= 4 is 0 Å². The molecule has 0 heterocycles. The molecule has 0 N–H and O–H groups in total. The van der Waals surface area contributed by atoms with E-state index in [2.05, 4.69) is 12.2 Å². The predicted octanol–water partition coefficient (Wildman–Crippen LogP) is 3.24. The Hall–Kier alpha value is -0.260. The van der Waals surface area contributed by atoms with E-state index in [0.717, 1.165) is 22.7 Å². The van der Waals surface area contributed by atoms with Gasteiger partial charge in [-0.05, 0) is 78.4 Å². The standard InChI is InChI=1S/C15H18/c1-2-14(3-4-14)12-8(1)11-9-7-10(9)13(12)15(11)5-6-15/h1-2,8-13H,3-7H2/t8-,9+,10+,11-,12+,13+/m0/s1. The molecule has 0 aromatic carbocycles. The largest absolute Gasteiger partial charge is 0.0842 e. The van der Waals surface area contributed by atoms with Gasteiger partial charge in [0, 0.05) is 0 Å². The zero-order valence-electron chi connectivity index (χ0n) is 9.15. The van der Waals surface area contributed by atoms with E-state index in [1.165, 1.54) is 23.7 Å². The van der Waals surface area contributed by atoms with Crippen molar-refractivity contribution in [1.29, 1.82) is 0 Å². The van der Waals surface area contributed by atoms with E-state index in [1.807, 2.05) is 0 Å². The maximum Gasteiger partial charge on any atom is -0.00806 e. The zero-order valence-corrected chi connectivity index (χ0v) is 9.15. The molecule has 5 fully saturated rings. The van der Waals surface area contributed by atoms with Crippen LogP contribution in [-0.2, 0) is 0 Å². The second-order valence-corrected chi connectivity index (χ2v) is 7.54. The van der Waals surface area contributed by atoms with Crippen LogP contribution >= 0.6 is 0 Å². The first-order valence-corrected chi connectivity index (χ1v) is 7.05. The van der Waals surface area contributed by atoms with Gasteiger partial charge in [-0.15, -0.1) is 0 Å². The first kappa shape index (κ1) is 7.14. The number of rotatable bonds is 0. The van der Waals surface area contributed by atoms with E-state index in [9.17, 15) is 0 Å². The molecule has 0 aromatic rings. The van der Waals surface area contributed by atoms with Gasteiger partial charge in [0.1, 0.15) is 0 Å². The highest BCUT2D eigenvalue weighted by atomic mass is 14.9. The Bertz CT molecular complexity index is 410. The van der Waals surface area contributed by atoms with Gasteiger partial charge in [-0.25, -0.2) is 0 Å². The molecule has 0 amide bonds. The van der Waals surface area contributed by atoms with Crippen LogP contribution in [0.3, 0.4) is 0 Å². The Morgan fingerprint density at radius 3 is 2.40 bits per heavy atom. The molecule has 6 aliphatic carbocycles. The van der Waals surface area contributed by atoms with Crippen LogP contribution < -0.4 is 0 Å². The lowest BCUT2D eigenvalue weighted by molar-refractivity contribution is 0.196. The van der Waals surface area contributed by atoms with Gasteiger partial charge in [0.15, 0.2) is 0 Å². The molecule has 0 heteroatoms. The highest BCUT2D eigenvalue weighted by Crippen LogP contribution is 2.88. The molecular weight excluding hydrogens is 180 g/mol. The number of hydrogen-bond donors (Lipinski definition) is 0. The van der Waals surface area contributed by atoms with Crippen molar-refractivity contribution in [2.45, 2.75) is 32.1 Å². The minimum atomic E-state index is 0.771. The maximum absolute atomic E-state index is 2.68. The van der Waals surface area contributed by atoms with E-state index < -0.39 is 0 Å². The van der Waals surface area contributed by atoms with Crippen LogP contribution in [0.15, 0.2) is 12.2 Å². The fourth-order valence-electron chi connectivity index (χ4n) is 6.74. The molecule has 0 radical (unpaired) electrons. The normalized spacial score (nSPS) is 66.1. The van der Waals surface area contributed by atoms with Gasteiger partial charge in [0.25, 0.3) is 0 Å². The summed E-state index contributed by atoms with van der Waals surface area (Å²) < 4.78 is 0. The first-order valence-electron chi connectivity index (χ1n) is 7.05. The first-order chi connectivity index (χ1) is 7.36. The van der Waals surface area contributed by atoms with Crippen molar-refractivity contribution in [3.8, 4) is 0 Å². The van der Waals surface area contributed by atoms with Crippen molar-refractivity contribution in [2.24, 2.45) is 46.3 Å². The van der Waals surface area contributed by atoms with Gasteiger partial charge in [0.2, 0.25) is 0 Å². The van der Waals surface area contributed by atoms with Crippen LogP contribution in [-0.4, -0.2) is 0 Å². The van der Waals surface area contributed by atoms with E-state index >= 15 is 0 Å². The van der Waals surface area contributed by atoms with Crippen LogP contribution in [0, 0.1) is 46.3 Å². The van der Waals surface area contributed by atoms with Crippen LogP contribution in [0.2, 0.25) is 0 Å². The molecule has 15 heavy (non-hydrogen) atoms. The Morgan fingerprint density at radius 1 is 0.867 bits per heavy atom. The van der Waals surface area contributed by atoms with Gasteiger partial charge in [-0.1, -0.05) is 12.2 Å². The van der Waals surface area contributed by atoms with E-state index in [4.69, 9.17) is 0 Å². The molecule has 0 unspecified atom stereocenters. The minimum Gasteiger partial charge on any atom is -0.0842 e. The summed E-state index contributed by atoms with van der Waals surface area (Å²) in [6, 6.07) is 0. The third-order valence-electron chi connectivity index (χ3n) is 7.33. The summed E-state index contributed by atoms with van der Waals surface area (Å²) in [7, 11) is 0. The second kappa shape index (κ2) is 1.65. The molecule has 0 nitrogen and oxygen atoms in total. The van der Waals surface area contributed by atoms with Gasteiger partial charge in [0.05, 0.1) is 0 Å². The summed E-state index contributed by atoms with van der Waals surface area (Å²) in [5, 5.41) is 0. The third kappa shape index (κ3) is 0.531. The average molecular weight is 198 g/mol. The molecule has 0 saturated heterocycles. The fraction of sp³-hybridized carbons (Fsp3) is 0.867. The molecule has 6 aliphatic rings. The number of fused-ring (bicyclic) bond motifs is 7. The SMILES string of the molecule is C1=CC2(CC2)[C@@H]2[C@@H]1[C@H]1[C@@H]3C[C@H]3[C@H]2C12CC2. The maximum atomic E-state index is 2.68. The lowest BCUT2D eigenvalue weighted by atomic mass is 9.75. The number of allylic oxidation sites excluding steroid dienone is 2. The smallest absolute Gasteiger partial charge is 0.00806 e. The predicted molar refractivity (Wildman–Crippen MR) is 58.0 cm³/mol. The molecule has 0 aliphatic heterocycles. The second-order valence-electron chi connectivity index (χ2n) is 7.54. The van der Waals surface area contributed by atoms with Gasteiger partial charge < -0.3 is 0 Å². The van der Waals surface area contributed by atoms with Crippen LogP contribution in [0.1, 0.15) is 32.1 Å². The van der Waals surface area contributed by atoms with E-state index in [1.54, 1.807) is 32.1 Å². The fourth-order valence-corrected chi connectivity index (χ4v) is 6.74. The summed E-state index contributed by atoms with van der Waals surface area (Å²) >= 11 is 0. The zero-order chi connectivity index (χ0) is 9.41. The molecule has 2 bridgehead atoms. The summed E-state index contributed by atoms with van der Waals surface area (Å²) in [5.74, 6) is 7.01. The average Bonchev–Trinajstić information content (AvgIpc) is 3.07. The van der Waals surface area contributed by atoms with Crippen molar-refractivity contribution in [3.05, 3.63) is 12.2 Å². The Morgan fingerprint density at radius 2 is 1.67 bits per heavy atom. The quantitative estimate of drug-likeness (QED) is 0.524. The van der Waals surface area contributed by atoms with Crippen molar-refractivity contribution < 1.29 is 0 Å². The van der Waals surface area contributed by atoms with Gasteiger partial charge in [-0.2, -0.15) is 0 Å². The summed E-state index contributed by atoms with van der Waals surface area (Å²) in [4.78, 5) is 0. The lowest BCUT2D eigenvalue weighted by Crippen LogP contribution is -2.25. The molecule has 0 aromatic heterocycles. The Kier molecular flexibility index (Phi) is 0.787. The monoisotopic (exact) mass is 198 g/mol. The topological polar surface area (TPSA) is 0 Å². The third-order valence-corrected chi connectivity index (χ3v) is 7.33. The molecule has 6 atom stereocenters. The van der Waals surface area contributed by atoms with E-state index in [0.29, 0.717) is 0 Å². The summed E-state index contributed by atoms with van der Waals surface area (Å²) in [6.45, 7) is 0. The lowest BCUT2D eigenvalue weighted by Gasteiger charge is -2.29. The summed E-state index contributed by atoms with van der Waals surface area (Å²) in [5.41, 5.74) is 1.70. The van der Waals surface area contributed by atoms with Crippen molar-refractivity contribution in [1.82, 2.24) is 0 Å². The molecule has 78 valence electrons. The Labute approximate surface area is 91.1 Å². The molecular formula is C15H18. The van der Waals surface area contributed by atoms with Crippen molar-refractivity contribution in [2.75, 3.05) is 0 Å². The van der Waals surface area contributed by atoms with E-state index in [-0.39, 0.29) is 0 Å². The summed E-state index contributed by atoms with van der Waals surface area (Å²) in [6.07, 6.45) is 13.3. The van der Waals surface area contributed by atoms with Crippen LogP contribution in [0.5, 0.6) is 0 Å². The highest BCUT2D eigenvalue weighted by Gasteiger charge is 2.82. The highest BCUT2D eigenvalue weighted by molar-refractivity contribution is 5.37. The molecule has 2 spiro atoms. The van der Waals surface area contributed by atoms with Crippen LogP contribution in [0.4, 0.5) is 0 Å². The number of hydrogen-bond acceptors (Lipinski definition) is 0. The van der Waals surface area contributed by atoms with Gasteiger partial charge in [-0.3, -0.25) is 0 Å². The van der Waals surface area contributed by atoms with Crippen molar-refractivity contribution in [3.63, 3.8) is 0 Å². The minimum absolute atomic E-state index is 0.771. The molecule has 6 rings (SSSR count). The van der Waals surface area contributed by atoms with Crippen LogP contribution in [0.25, 0.3) is 0 Å².